The van der Waals surface area contributed by atoms with Crippen molar-refractivity contribution in [2.24, 2.45) is 7.05 Å². The van der Waals surface area contributed by atoms with E-state index in [4.69, 9.17) is 12.2 Å². The molecule has 2 aromatic rings. The highest BCUT2D eigenvalue weighted by atomic mass is 32.1. The summed E-state index contributed by atoms with van der Waals surface area (Å²) < 4.78 is 4.77. The SMILES string of the molecule is Cn1nccc1Cn1c(C(C)(C)C)c[nH]c1=S. The van der Waals surface area contributed by atoms with Crippen molar-refractivity contribution in [3.63, 3.8) is 0 Å². The number of aryl methyl sites for hydroxylation is 1. The summed E-state index contributed by atoms with van der Waals surface area (Å²) in [7, 11) is 1.95. The first-order chi connectivity index (χ1) is 7.89. The van der Waals surface area contributed by atoms with E-state index in [0.29, 0.717) is 0 Å². The second kappa shape index (κ2) is 4.14. The van der Waals surface area contributed by atoms with Crippen LogP contribution < -0.4 is 0 Å². The molecular formula is C12H18N4S. The lowest BCUT2D eigenvalue weighted by atomic mass is 9.92. The third-order valence-corrected chi connectivity index (χ3v) is 3.22. The lowest BCUT2D eigenvalue weighted by molar-refractivity contribution is 0.521. The van der Waals surface area contributed by atoms with Crippen LogP contribution in [0.1, 0.15) is 32.2 Å². The standard InChI is InChI=1S/C12H18N4S/c1-12(2,3)10-7-13-11(17)16(10)8-9-5-6-14-15(9)4/h5-7H,8H2,1-4H3,(H,13,17). The van der Waals surface area contributed by atoms with Crippen molar-refractivity contribution in [1.29, 1.82) is 0 Å². The molecule has 0 unspecified atom stereocenters. The average molecular weight is 250 g/mol. The van der Waals surface area contributed by atoms with Gasteiger partial charge in [-0.3, -0.25) is 4.68 Å². The van der Waals surface area contributed by atoms with Crippen molar-refractivity contribution in [3.05, 3.63) is 34.6 Å². The van der Waals surface area contributed by atoms with Crippen molar-refractivity contribution < 1.29 is 0 Å². The summed E-state index contributed by atoms with van der Waals surface area (Å²) in [5, 5.41) is 4.18. The summed E-state index contributed by atoms with van der Waals surface area (Å²) in [4.78, 5) is 3.12. The summed E-state index contributed by atoms with van der Waals surface area (Å²) in [5.74, 6) is 0. The average Bonchev–Trinajstić information content (AvgIpc) is 2.75. The predicted molar refractivity (Wildman–Crippen MR) is 70.6 cm³/mol. The van der Waals surface area contributed by atoms with Crippen LogP contribution in [0.25, 0.3) is 0 Å². The van der Waals surface area contributed by atoms with Crippen LogP contribution in [0.5, 0.6) is 0 Å². The molecule has 0 amide bonds. The van der Waals surface area contributed by atoms with Crippen LogP contribution in [0.15, 0.2) is 18.5 Å². The molecule has 0 aromatic carbocycles. The van der Waals surface area contributed by atoms with E-state index in [1.807, 2.05) is 30.2 Å². The van der Waals surface area contributed by atoms with Crippen molar-refractivity contribution in [3.8, 4) is 0 Å². The van der Waals surface area contributed by atoms with Crippen molar-refractivity contribution >= 4 is 12.2 Å². The van der Waals surface area contributed by atoms with Crippen LogP contribution in [0, 0.1) is 4.77 Å². The monoisotopic (exact) mass is 250 g/mol. The Bertz CT molecular complexity index is 568. The van der Waals surface area contributed by atoms with E-state index in [1.54, 1.807) is 0 Å². The minimum atomic E-state index is 0.0755. The van der Waals surface area contributed by atoms with Gasteiger partial charge >= 0.3 is 0 Å². The van der Waals surface area contributed by atoms with Crippen molar-refractivity contribution in [2.75, 3.05) is 0 Å². The third kappa shape index (κ3) is 2.34. The van der Waals surface area contributed by atoms with E-state index < -0.39 is 0 Å². The summed E-state index contributed by atoms with van der Waals surface area (Å²) >= 11 is 5.34. The molecule has 17 heavy (non-hydrogen) atoms. The van der Waals surface area contributed by atoms with Gasteiger partial charge in [-0.2, -0.15) is 5.10 Å². The molecule has 0 saturated heterocycles. The number of nitrogens with zero attached hydrogens (tertiary/aromatic N) is 3. The number of H-pyrrole nitrogens is 1. The van der Waals surface area contributed by atoms with Crippen molar-refractivity contribution in [1.82, 2.24) is 19.3 Å². The quantitative estimate of drug-likeness (QED) is 0.832. The van der Waals surface area contributed by atoms with Gasteiger partial charge in [0.25, 0.3) is 0 Å². The summed E-state index contributed by atoms with van der Waals surface area (Å²) in [6, 6.07) is 2.02. The van der Waals surface area contributed by atoms with Gasteiger partial charge < -0.3 is 9.55 Å². The maximum Gasteiger partial charge on any atom is 0.177 e. The lowest BCUT2D eigenvalue weighted by Crippen LogP contribution is -2.19. The highest BCUT2D eigenvalue weighted by Crippen LogP contribution is 2.22. The minimum Gasteiger partial charge on any atom is -0.337 e. The van der Waals surface area contributed by atoms with Gasteiger partial charge in [0.1, 0.15) is 0 Å². The van der Waals surface area contributed by atoms with Gasteiger partial charge in [0.15, 0.2) is 4.77 Å². The first-order valence-electron chi connectivity index (χ1n) is 5.65. The van der Waals surface area contributed by atoms with E-state index in [9.17, 15) is 0 Å². The van der Waals surface area contributed by atoms with Gasteiger partial charge in [0, 0.05) is 30.6 Å². The molecule has 92 valence electrons. The zero-order chi connectivity index (χ0) is 12.6. The normalized spacial score (nSPS) is 12.0. The van der Waals surface area contributed by atoms with E-state index in [1.165, 1.54) is 5.69 Å². The first kappa shape index (κ1) is 12.1. The molecule has 0 atom stereocenters. The molecule has 0 aliphatic carbocycles. The molecule has 0 fully saturated rings. The molecular weight excluding hydrogens is 232 g/mol. The number of nitrogens with one attached hydrogen (secondary N) is 1. The Morgan fingerprint density at radius 3 is 2.65 bits per heavy atom. The van der Waals surface area contributed by atoms with Gasteiger partial charge in [-0.15, -0.1) is 0 Å². The molecule has 2 aromatic heterocycles. The number of imidazole rings is 1. The zero-order valence-electron chi connectivity index (χ0n) is 10.7. The zero-order valence-corrected chi connectivity index (χ0v) is 11.5. The Morgan fingerprint density at radius 1 is 1.41 bits per heavy atom. The largest absolute Gasteiger partial charge is 0.337 e. The fourth-order valence-electron chi connectivity index (χ4n) is 1.89. The topological polar surface area (TPSA) is 38.5 Å². The van der Waals surface area contributed by atoms with Crippen molar-refractivity contribution in [2.45, 2.75) is 32.7 Å². The molecule has 0 spiro atoms. The van der Waals surface area contributed by atoms with Gasteiger partial charge in [-0.05, 0) is 18.3 Å². The molecule has 0 bridgehead atoms. The molecule has 1 N–H and O–H groups in total. The molecule has 2 rings (SSSR count). The molecule has 5 heteroatoms. The first-order valence-corrected chi connectivity index (χ1v) is 6.06. The fourth-order valence-corrected chi connectivity index (χ4v) is 2.11. The van der Waals surface area contributed by atoms with E-state index in [2.05, 4.69) is 35.4 Å². The maximum atomic E-state index is 5.34. The second-order valence-electron chi connectivity index (χ2n) is 5.26. The summed E-state index contributed by atoms with van der Waals surface area (Å²) in [6.07, 6.45) is 3.81. The molecule has 0 saturated carbocycles. The molecule has 0 aliphatic rings. The number of rotatable bonds is 2. The fraction of sp³-hybridized carbons (Fsp3) is 0.500. The number of hydrogen-bond donors (Lipinski definition) is 1. The van der Waals surface area contributed by atoms with Crippen LogP contribution in [0.3, 0.4) is 0 Å². The Morgan fingerprint density at radius 2 is 2.12 bits per heavy atom. The maximum absolute atomic E-state index is 5.34. The van der Waals surface area contributed by atoms with E-state index >= 15 is 0 Å². The number of aromatic nitrogens is 4. The molecule has 4 nitrogen and oxygen atoms in total. The van der Waals surface area contributed by atoms with Gasteiger partial charge in [-0.1, -0.05) is 20.8 Å². The summed E-state index contributed by atoms with van der Waals surface area (Å²) in [5.41, 5.74) is 2.43. The van der Waals surface area contributed by atoms with Crippen LogP contribution in [0.2, 0.25) is 0 Å². The third-order valence-electron chi connectivity index (χ3n) is 2.88. The lowest BCUT2D eigenvalue weighted by Gasteiger charge is -2.20. The van der Waals surface area contributed by atoms with Crippen LogP contribution in [-0.4, -0.2) is 19.3 Å². The van der Waals surface area contributed by atoms with E-state index in [-0.39, 0.29) is 5.41 Å². The Labute approximate surface area is 106 Å². The van der Waals surface area contributed by atoms with Crippen LogP contribution >= 0.6 is 12.2 Å². The Hall–Kier alpha value is -1.36. The summed E-state index contributed by atoms with van der Waals surface area (Å²) in [6.45, 7) is 7.31. The van der Waals surface area contributed by atoms with Crippen LogP contribution in [0.4, 0.5) is 0 Å². The van der Waals surface area contributed by atoms with Gasteiger partial charge in [0.2, 0.25) is 0 Å². The minimum absolute atomic E-state index is 0.0755. The Kier molecular flexibility index (Phi) is 2.95. The molecule has 2 heterocycles. The van der Waals surface area contributed by atoms with Gasteiger partial charge in [-0.25, -0.2) is 0 Å². The van der Waals surface area contributed by atoms with Crippen LogP contribution in [-0.2, 0) is 19.0 Å². The van der Waals surface area contributed by atoms with E-state index in [0.717, 1.165) is 17.0 Å². The highest BCUT2D eigenvalue weighted by molar-refractivity contribution is 7.71. The Balaban J connectivity index is 2.43. The number of hydrogen-bond acceptors (Lipinski definition) is 2. The second-order valence-corrected chi connectivity index (χ2v) is 5.65. The predicted octanol–water partition coefficient (Wildman–Crippen LogP) is 2.62. The molecule has 0 aliphatic heterocycles. The smallest absolute Gasteiger partial charge is 0.177 e. The highest BCUT2D eigenvalue weighted by Gasteiger charge is 2.19. The number of aromatic amines is 1. The van der Waals surface area contributed by atoms with Gasteiger partial charge in [0.05, 0.1) is 12.2 Å². The molecule has 0 radical (unpaired) electrons.